The van der Waals surface area contributed by atoms with Crippen LogP contribution in [0.3, 0.4) is 0 Å². The van der Waals surface area contributed by atoms with Crippen molar-refractivity contribution in [3.8, 4) is 0 Å². The van der Waals surface area contributed by atoms with Gasteiger partial charge in [0.05, 0.1) is 4.92 Å². The number of nitro groups is 1. The fourth-order valence-corrected chi connectivity index (χ4v) is 5.08. The van der Waals surface area contributed by atoms with E-state index in [2.05, 4.69) is 10.6 Å². The molecule has 2 N–H and O–H groups in total. The molecule has 1 aliphatic heterocycles. The van der Waals surface area contributed by atoms with Gasteiger partial charge in [0.1, 0.15) is 0 Å². The highest BCUT2D eigenvalue weighted by Crippen LogP contribution is 2.25. The van der Waals surface area contributed by atoms with Crippen LogP contribution < -0.4 is 10.6 Å². The Morgan fingerprint density at radius 1 is 0.889 bits per heavy atom. The second-order valence-corrected chi connectivity index (χ2v) is 9.67. The number of carbonyl (C=O) groups is 3. The SMILES string of the molecule is Cc1ccc(C(=O)N2CCC(C(=O)N[C@@H]3CCCC[C@H]3NC(=O)c3ccccc3)CC2)cc1[N+](=O)[O-]. The highest BCUT2D eigenvalue weighted by atomic mass is 16.6. The normalized spacial score (nSPS) is 20.4. The third kappa shape index (κ3) is 5.90. The number of benzene rings is 2. The molecule has 2 aromatic carbocycles. The number of aryl methyl sites for hydroxylation is 1. The smallest absolute Gasteiger partial charge is 0.273 e. The molecule has 0 aromatic heterocycles. The summed E-state index contributed by atoms with van der Waals surface area (Å²) in [5, 5.41) is 17.5. The molecule has 9 nitrogen and oxygen atoms in total. The number of hydrogen-bond acceptors (Lipinski definition) is 5. The molecular formula is C27H32N4O5. The maximum Gasteiger partial charge on any atom is 0.273 e. The number of nitrogens with one attached hydrogen (secondary N) is 2. The first-order valence-electron chi connectivity index (χ1n) is 12.5. The number of amides is 3. The number of hydrogen-bond donors (Lipinski definition) is 2. The molecule has 2 fully saturated rings. The number of rotatable bonds is 6. The molecule has 1 aliphatic carbocycles. The van der Waals surface area contributed by atoms with Gasteiger partial charge in [-0.05, 0) is 50.8 Å². The minimum absolute atomic E-state index is 0.0427. The summed E-state index contributed by atoms with van der Waals surface area (Å²) < 4.78 is 0. The second-order valence-electron chi connectivity index (χ2n) is 9.67. The van der Waals surface area contributed by atoms with Crippen LogP contribution in [-0.2, 0) is 4.79 Å². The minimum atomic E-state index is -0.483. The standard InChI is InChI=1S/C27H32N4O5/c1-18-11-12-21(17-24(18)31(35)36)27(34)30-15-13-20(14-16-30)26(33)29-23-10-6-5-9-22(23)28-25(32)19-7-3-2-4-8-19/h2-4,7-8,11-12,17,20,22-23H,5-6,9-10,13-16H2,1H3,(H,28,32)(H,29,33)/t22-,23-/m1/s1. The largest absolute Gasteiger partial charge is 0.351 e. The molecule has 0 radical (unpaired) electrons. The van der Waals surface area contributed by atoms with Crippen molar-refractivity contribution in [3.05, 3.63) is 75.3 Å². The third-order valence-corrected chi connectivity index (χ3v) is 7.25. The van der Waals surface area contributed by atoms with Crippen molar-refractivity contribution < 1.29 is 19.3 Å². The molecule has 36 heavy (non-hydrogen) atoms. The summed E-state index contributed by atoms with van der Waals surface area (Å²) in [4.78, 5) is 51.0. The molecule has 2 atom stereocenters. The lowest BCUT2D eigenvalue weighted by molar-refractivity contribution is -0.385. The van der Waals surface area contributed by atoms with Gasteiger partial charge in [-0.25, -0.2) is 0 Å². The van der Waals surface area contributed by atoms with E-state index < -0.39 is 4.92 Å². The number of piperidine rings is 1. The van der Waals surface area contributed by atoms with Gasteiger partial charge in [-0.15, -0.1) is 0 Å². The van der Waals surface area contributed by atoms with Gasteiger partial charge in [0.2, 0.25) is 5.91 Å². The van der Waals surface area contributed by atoms with Crippen molar-refractivity contribution in [1.82, 2.24) is 15.5 Å². The van der Waals surface area contributed by atoms with Gasteiger partial charge in [-0.3, -0.25) is 24.5 Å². The van der Waals surface area contributed by atoms with Gasteiger partial charge >= 0.3 is 0 Å². The minimum Gasteiger partial charge on any atom is -0.351 e. The van der Waals surface area contributed by atoms with Crippen molar-refractivity contribution in [2.75, 3.05) is 13.1 Å². The highest BCUT2D eigenvalue weighted by Gasteiger charge is 2.33. The van der Waals surface area contributed by atoms with E-state index in [1.807, 2.05) is 18.2 Å². The van der Waals surface area contributed by atoms with E-state index in [9.17, 15) is 24.5 Å². The lowest BCUT2D eigenvalue weighted by Crippen LogP contribution is -2.55. The maximum absolute atomic E-state index is 13.1. The molecule has 1 heterocycles. The molecule has 3 amide bonds. The second kappa shape index (κ2) is 11.3. The first kappa shape index (κ1) is 25.3. The van der Waals surface area contributed by atoms with Gasteiger partial charge in [0.25, 0.3) is 17.5 Å². The van der Waals surface area contributed by atoms with Crippen LogP contribution in [0.4, 0.5) is 5.69 Å². The molecule has 4 rings (SSSR count). The average Bonchev–Trinajstić information content (AvgIpc) is 2.90. The van der Waals surface area contributed by atoms with Crippen LogP contribution in [0.2, 0.25) is 0 Å². The third-order valence-electron chi connectivity index (χ3n) is 7.25. The van der Waals surface area contributed by atoms with Gasteiger partial charge in [0.15, 0.2) is 0 Å². The quantitative estimate of drug-likeness (QED) is 0.471. The van der Waals surface area contributed by atoms with E-state index >= 15 is 0 Å². The monoisotopic (exact) mass is 492 g/mol. The Labute approximate surface area is 210 Å². The van der Waals surface area contributed by atoms with E-state index in [0.717, 1.165) is 25.7 Å². The van der Waals surface area contributed by atoms with Crippen molar-refractivity contribution >= 4 is 23.4 Å². The summed E-state index contributed by atoms with van der Waals surface area (Å²) >= 11 is 0. The summed E-state index contributed by atoms with van der Waals surface area (Å²) in [6, 6.07) is 13.3. The average molecular weight is 493 g/mol. The summed E-state index contributed by atoms with van der Waals surface area (Å²) in [5.74, 6) is -0.648. The Morgan fingerprint density at radius 3 is 2.17 bits per heavy atom. The van der Waals surface area contributed by atoms with E-state index in [4.69, 9.17) is 0 Å². The van der Waals surface area contributed by atoms with Crippen LogP contribution in [0.25, 0.3) is 0 Å². The predicted molar refractivity (Wildman–Crippen MR) is 135 cm³/mol. The van der Waals surface area contributed by atoms with Gasteiger partial charge < -0.3 is 15.5 Å². The lowest BCUT2D eigenvalue weighted by Gasteiger charge is -2.36. The van der Waals surface area contributed by atoms with Gasteiger partial charge in [0, 0.05) is 53.8 Å². The zero-order valence-corrected chi connectivity index (χ0v) is 20.4. The number of carbonyl (C=O) groups excluding carboxylic acids is 3. The van der Waals surface area contributed by atoms with Crippen LogP contribution in [0, 0.1) is 23.0 Å². The molecule has 0 spiro atoms. The van der Waals surface area contributed by atoms with Crippen molar-refractivity contribution in [3.63, 3.8) is 0 Å². The zero-order valence-electron chi connectivity index (χ0n) is 20.4. The summed E-state index contributed by atoms with van der Waals surface area (Å²) in [6.07, 6.45) is 4.69. The molecule has 9 heteroatoms. The van der Waals surface area contributed by atoms with E-state index in [-0.39, 0.29) is 47.0 Å². The first-order valence-corrected chi connectivity index (χ1v) is 12.5. The Balaban J connectivity index is 1.31. The first-order chi connectivity index (χ1) is 17.3. The Bertz CT molecular complexity index is 1130. The molecule has 190 valence electrons. The van der Waals surface area contributed by atoms with Crippen LogP contribution in [-0.4, -0.2) is 52.7 Å². The molecule has 1 saturated heterocycles. The molecule has 0 unspecified atom stereocenters. The number of nitrogens with zero attached hydrogens (tertiary/aromatic N) is 2. The molecule has 2 aromatic rings. The van der Waals surface area contributed by atoms with Crippen molar-refractivity contribution in [2.45, 2.75) is 57.5 Å². The van der Waals surface area contributed by atoms with Crippen molar-refractivity contribution in [2.24, 2.45) is 5.92 Å². The predicted octanol–water partition coefficient (Wildman–Crippen LogP) is 3.61. The molecule has 1 saturated carbocycles. The summed E-state index contributed by atoms with van der Waals surface area (Å²) in [6.45, 7) is 2.47. The Kier molecular flexibility index (Phi) is 7.97. The van der Waals surface area contributed by atoms with Crippen LogP contribution in [0.5, 0.6) is 0 Å². The maximum atomic E-state index is 13.1. The molecule has 2 aliphatic rings. The van der Waals surface area contributed by atoms with Crippen LogP contribution in [0.1, 0.15) is 64.8 Å². The Morgan fingerprint density at radius 2 is 1.53 bits per heavy atom. The fourth-order valence-electron chi connectivity index (χ4n) is 5.08. The van der Waals surface area contributed by atoms with Gasteiger partial charge in [-0.2, -0.15) is 0 Å². The van der Waals surface area contributed by atoms with E-state index in [0.29, 0.717) is 37.1 Å². The lowest BCUT2D eigenvalue weighted by atomic mass is 9.88. The summed E-state index contributed by atoms with van der Waals surface area (Å²) in [5.41, 5.74) is 1.32. The summed E-state index contributed by atoms with van der Waals surface area (Å²) in [7, 11) is 0. The van der Waals surface area contributed by atoms with Gasteiger partial charge in [-0.1, -0.05) is 37.1 Å². The Hall–Kier alpha value is -3.75. The fraction of sp³-hybridized carbons (Fsp3) is 0.444. The zero-order chi connectivity index (χ0) is 25.7. The van der Waals surface area contributed by atoms with E-state index in [1.165, 1.54) is 6.07 Å². The van der Waals surface area contributed by atoms with Crippen LogP contribution in [0.15, 0.2) is 48.5 Å². The number of nitro benzene ring substituents is 1. The highest BCUT2D eigenvalue weighted by molar-refractivity contribution is 5.95. The van der Waals surface area contributed by atoms with Crippen LogP contribution >= 0.6 is 0 Å². The topological polar surface area (TPSA) is 122 Å². The molecular weight excluding hydrogens is 460 g/mol. The number of likely N-dealkylation sites (tertiary alicyclic amines) is 1. The van der Waals surface area contributed by atoms with E-state index in [1.54, 1.807) is 36.1 Å². The van der Waals surface area contributed by atoms with Crippen molar-refractivity contribution in [1.29, 1.82) is 0 Å². The molecule has 0 bridgehead atoms.